The van der Waals surface area contributed by atoms with Gasteiger partial charge in [-0.1, -0.05) is 18.2 Å². The fourth-order valence-electron chi connectivity index (χ4n) is 0.650. The van der Waals surface area contributed by atoms with E-state index in [1.54, 1.807) is 24.3 Å². The van der Waals surface area contributed by atoms with E-state index in [0.29, 0.717) is 10.9 Å². The first-order valence-corrected chi connectivity index (χ1v) is 3.41. The van der Waals surface area contributed by atoms with Crippen molar-refractivity contribution in [3.8, 4) is 5.75 Å². The van der Waals surface area contributed by atoms with Crippen molar-refractivity contribution in [2.75, 3.05) is 0 Å². The Labute approximate surface area is 67.0 Å². The van der Waals surface area contributed by atoms with E-state index in [-0.39, 0.29) is 0 Å². The Balaban J connectivity index is 2.86. The van der Waals surface area contributed by atoms with Gasteiger partial charge in [0.15, 0.2) is 0 Å². The lowest BCUT2D eigenvalue weighted by Gasteiger charge is -2.01. The number of ether oxygens (including phenoxy) is 1. The Morgan fingerprint density at radius 3 is 2.64 bits per heavy atom. The van der Waals surface area contributed by atoms with E-state index in [2.05, 4.69) is 15.0 Å². The summed E-state index contributed by atoms with van der Waals surface area (Å²) in [4.78, 5) is 10.1. The number of hydrogen-bond acceptors (Lipinski definition) is 2. The Hall–Kier alpha value is -1.29. The minimum Gasteiger partial charge on any atom is -0.449 e. The highest BCUT2D eigenvalue weighted by atomic mass is 28.1. The van der Waals surface area contributed by atoms with Crippen molar-refractivity contribution in [3.05, 3.63) is 24.3 Å². The van der Waals surface area contributed by atoms with Crippen molar-refractivity contribution in [1.29, 1.82) is 0 Å². The summed E-state index contributed by atoms with van der Waals surface area (Å²) >= 11 is 0. The largest absolute Gasteiger partial charge is 0.511 e. The SMILES string of the molecule is O=C(O)Oc1ccccc1[Si]. The first kappa shape index (κ1) is 7.81. The van der Waals surface area contributed by atoms with Gasteiger partial charge < -0.3 is 9.84 Å². The van der Waals surface area contributed by atoms with Crippen molar-refractivity contribution in [3.63, 3.8) is 0 Å². The number of carbonyl (C=O) groups is 1. The van der Waals surface area contributed by atoms with Crippen LogP contribution in [0.5, 0.6) is 5.75 Å². The van der Waals surface area contributed by atoms with Crippen LogP contribution in [0.15, 0.2) is 24.3 Å². The van der Waals surface area contributed by atoms with Crippen LogP contribution in [0.25, 0.3) is 0 Å². The van der Waals surface area contributed by atoms with Crippen LogP contribution in [0.3, 0.4) is 0 Å². The third kappa shape index (κ3) is 2.08. The second kappa shape index (κ2) is 3.20. The molecule has 0 heterocycles. The molecule has 0 amide bonds. The number of rotatable bonds is 1. The molecule has 0 saturated heterocycles. The molecule has 1 rings (SSSR count). The van der Waals surface area contributed by atoms with E-state index in [1.165, 1.54) is 0 Å². The molecule has 0 bridgehead atoms. The normalized spacial score (nSPS) is 9.18. The van der Waals surface area contributed by atoms with Gasteiger partial charge in [0, 0.05) is 0 Å². The van der Waals surface area contributed by atoms with Crippen molar-refractivity contribution in [2.45, 2.75) is 0 Å². The molecule has 1 N–H and O–H groups in total. The lowest BCUT2D eigenvalue weighted by molar-refractivity contribution is 0.145. The molecular formula is C7H5O3Si. The molecule has 4 heteroatoms. The van der Waals surface area contributed by atoms with Crippen LogP contribution in [0.4, 0.5) is 4.79 Å². The molecule has 0 saturated carbocycles. The van der Waals surface area contributed by atoms with E-state index in [9.17, 15) is 4.79 Å². The number of carboxylic acid groups (broad SMARTS) is 1. The third-order valence-electron chi connectivity index (χ3n) is 1.08. The molecule has 1 aromatic rings. The Bertz CT molecular complexity index is 272. The van der Waals surface area contributed by atoms with Gasteiger partial charge in [-0.2, -0.15) is 0 Å². The molecule has 11 heavy (non-hydrogen) atoms. The van der Waals surface area contributed by atoms with Gasteiger partial charge in [-0.15, -0.1) is 0 Å². The highest BCUT2D eigenvalue weighted by molar-refractivity contribution is 6.34. The smallest absolute Gasteiger partial charge is 0.449 e. The van der Waals surface area contributed by atoms with Crippen LogP contribution in [-0.2, 0) is 0 Å². The first-order valence-electron chi connectivity index (χ1n) is 2.91. The van der Waals surface area contributed by atoms with Gasteiger partial charge in [0.2, 0.25) is 0 Å². The molecule has 3 nitrogen and oxygen atoms in total. The van der Waals surface area contributed by atoms with Crippen LogP contribution in [0, 0.1) is 0 Å². The molecule has 0 aliphatic carbocycles. The second-order valence-electron chi connectivity index (χ2n) is 1.86. The van der Waals surface area contributed by atoms with Gasteiger partial charge in [0.1, 0.15) is 5.75 Å². The van der Waals surface area contributed by atoms with Crippen LogP contribution in [0.1, 0.15) is 0 Å². The lowest BCUT2D eigenvalue weighted by atomic mass is 10.3. The van der Waals surface area contributed by atoms with Crippen LogP contribution < -0.4 is 9.92 Å². The van der Waals surface area contributed by atoms with Crippen LogP contribution >= 0.6 is 0 Å². The zero-order valence-corrected chi connectivity index (χ0v) is 6.57. The molecule has 0 atom stereocenters. The molecule has 0 unspecified atom stereocenters. The quantitative estimate of drug-likeness (QED) is 0.375. The Morgan fingerprint density at radius 2 is 2.09 bits per heavy atom. The van der Waals surface area contributed by atoms with Gasteiger partial charge in [-0.05, 0) is 11.3 Å². The molecule has 55 valence electrons. The summed E-state index contributed by atoms with van der Waals surface area (Å²) in [5.74, 6) is 0.302. The lowest BCUT2D eigenvalue weighted by Crippen LogP contribution is -2.12. The summed E-state index contributed by atoms with van der Waals surface area (Å²) in [5.41, 5.74) is 0. The monoisotopic (exact) mass is 165 g/mol. The molecule has 0 aliphatic rings. The Morgan fingerprint density at radius 1 is 1.45 bits per heavy atom. The minimum atomic E-state index is -1.31. The topological polar surface area (TPSA) is 46.5 Å². The zero-order chi connectivity index (χ0) is 8.27. The van der Waals surface area contributed by atoms with Gasteiger partial charge in [-0.25, -0.2) is 4.79 Å². The predicted octanol–water partition coefficient (Wildman–Crippen LogP) is 0.537. The average molecular weight is 165 g/mol. The minimum absolute atomic E-state index is 0.302. The maximum Gasteiger partial charge on any atom is 0.511 e. The summed E-state index contributed by atoms with van der Waals surface area (Å²) in [5, 5.41) is 8.87. The Kier molecular flexibility index (Phi) is 2.27. The van der Waals surface area contributed by atoms with Gasteiger partial charge in [0.05, 0.1) is 10.2 Å². The summed E-state index contributed by atoms with van der Waals surface area (Å²) in [6.45, 7) is 0. The van der Waals surface area contributed by atoms with Crippen molar-refractivity contribution >= 4 is 21.6 Å². The molecule has 1 aromatic carbocycles. The fraction of sp³-hybridized carbons (Fsp3) is 0. The van der Waals surface area contributed by atoms with E-state index in [0.717, 1.165) is 0 Å². The standard InChI is InChI=1S/C7H5O3Si/c8-7(9)10-5-3-1-2-4-6(5)11/h1-4H,(H,8,9). The van der Waals surface area contributed by atoms with Gasteiger partial charge >= 0.3 is 6.16 Å². The molecule has 3 radical (unpaired) electrons. The highest BCUT2D eigenvalue weighted by Crippen LogP contribution is 2.04. The second-order valence-corrected chi connectivity index (χ2v) is 2.40. The molecule has 0 fully saturated rings. The van der Waals surface area contributed by atoms with Crippen molar-refractivity contribution in [2.24, 2.45) is 0 Å². The molecule has 0 spiro atoms. The van der Waals surface area contributed by atoms with Crippen LogP contribution in [0.2, 0.25) is 0 Å². The van der Waals surface area contributed by atoms with Gasteiger partial charge in [0.25, 0.3) is 0 Å². The number of benzene rings is 1. The number of para-hydroxylation sites is 1. The fourth-order valence-corrected chi connectivity index (χ4v) is 0.880. The summed E-state index contributed by atoms with van der Waals surface area (Å²) < 4.78 is 4.41. The van der Waals surface area contributed by atoms with E-state index < -0.39 is 6.16 Å². The zero-order valence-electron chi connectivity index (χ0n) is 5.57. The molecular weight excluding hydrogens is 160 g/mol. The molecule has 0 aromatic heterocycles. The van der Waals surface area contributed by atoms with E-state index >= 15 is 0 Å². The number of hydrogen-bond donors (Lipinski definition) is 1. The average Bonchev–Trinajstić information content (AvgIpc) is 1.93. The van der Waals surface area contributed by atoms with Crippen molar-refractivity contribution in [1.82, 2.24) is 0 Å². The van der Waals surface area contributed by atoms with Crippen molar-refractivity contribution < 1.29 is 14.6 Å². The summed E-state index contributed by atoms with van der Waals surface area (Å²) in [6.07, 6.45) is -1.31. The first-order chi connectivity index (χ1) is 5.20. The van der Waals surface area contributed by atoms with E-state index in [1.807, 2.05) is 0 Å². The molecule has 0 aliphatic heterocycles. The predicted molar refractivity (Wildman–Crippen MR) is 40.5 cm³/mol. The third-order valence-corrected chi connectivity index (χ3v) is 1.50. The highest BCUT2D eigenvalue weighted by Gasteiger charge is 2.01. The summed E-state index contributed by atoms with van der Waals surface area (Å²) in [6, 6.07) is 6.74. The maximum atomic E-state index is 10.1. The van der Waals surface area contributed by atoms with Crippen LogP contribution in [-0.4, -0.2) is 21.5 Å². The van der Waals surface area contributed by atoms with E-state index in [4.69, 9.17) is 5.11 Å². The maximum absolute atomic E-state index is 10.1. The van der Waals surface area contributed by atoms with Gasteiger partial charge in [-0.3, -0.25) is 0 Å². The summed E-state index contributed by atoms with van der Waals surface area (Å²) in [7, 11) is 3.19.